The molecule has 6 heteroatoms. The van der Waals surface area contributed by atoms with Gasteiger partial charge in [0.1, 0.15) is 11.1 Å². The smallest absolute Gasteiger partial charge is 0.351 e. The topological polar surface area (TPSA) is 85.6 Å². The van der Waals surface area contributed by atoms with Crippen molar-refractivity contribution >= 4 is 22.8 Å². The second kappa shape index (κ2) is 6.64. The van der Waals surface area contributed by atoms with Crippen LogP contribution in [0.3, 0.4) is 0 Å². The van der Waals surface area contributed by atoms with Gasteiger partial charge in [-0.25, -0.2) is 9.59 Å². The molecule has 0 bridgehead atoms. The van der Waals surface area contributed by atoms with Gasteiger partial charge >= 0.3 is 11.6 Å². The molecule has 120 valence electrons. The van der Waals surface area contributed by atoms with Crippen LogP contribution >= 0.6 is 0 Å². The number of hydrogen-bond donors (Lipinski definition) is 1. The van der Waals surface area contributed by atoms with Gasteiger partial charge in [0.15, 0.2) is 6.61 Å². The highest BCUT2D eigenvalue weighted by Crippen LogP contribution is 2.17. The zero-order chi connectivity index (χ0) is 16.2. The first-order chi connectivity index (χ1) is 11.1. The standard InChI is InChI=1S/C17H17NO5/c19-15(18-12-6-2-3-7-12)10-22-16(20)13-9-11-5-1-4-8-14(11)23-17(13)21/h1,4-5,8-9,12H,2-3,6-7,10H2,(H,18,19). The number of carbonyl (C=O) groups is 2. The second-order valence-corrected chi connectivity index (χ2v) is 5.61. The van der Waals surface area contributed by atoms with E-state index in [-0.39, 0.29) is 17.5 Å². The molecule has 2 aromatic rings. The van der Waals surface area contributed by atoms with Crippen LogP contribution in [0.2, 0.25) is 0 Å². The Hall–Kier alpha value is -2.63. The minimum Gasteiger partial charge on any atom is -0.452 e. The molecule has 0 aliphatic heterocycles. The lowest BCUT2D eigenvalue weighted by Gasteiger charge is -2.11. The molecule has 1 aliphatic carbocycles. The molecule has 3 rings (SSSR count). The summed E-state index contributed by atoms with van der Waals surface area (Å²) < 4.78 is 9.99. The van der Waals surface area contributed by atoms with Crippen LogP contribution in [0.25, 0.3) is 11.0 Å². The number of carbonyl (C=O) groups excluding carboxylic acids is 2. The number of benzene rings is 1. The maximum atomic E-state index is 12.0. The normalized spacial score (nSPS) is 14.8. The number of para-hydroxylation sites is 1. The van der Waals surface area contributed by atoms with Gasteiger partial charge < -0.3 is 14.5 Å². The van der Waals surface area contributed by atoms with Crippen LogP contribution in [-0.4, -0.2) is 24.5 Å². The molecule has 1 heterocycles. The molecule has 1 saturated carbocycles. The Labute approximate surface area is 132 Å². The lowest BCUT2D eigenvalue weighted by Crippen LogP contribution is -2.36. The van der Waals surface area contributed by atoms with E-state index >= 15 is 0 Å². The van der Waals surface area contributed by atoms with E-state index in [4.69, 9.17) is 9.15 Å². The second-order valence-electron chi connectivity index (χ2n) is 5.61. The molecule has 6 nitrogen and oxygen atoms in total. The highest BCUT2D eigenvalue weighted by Gasteiger charge is 2.19. The molecule has 23 heavy (non-hydrogen) atoms. The van der Waals surface area contributed by atoms with E-state index in [0.29, 0.717) is 11.0 Å². The van der Waals surface area contributed by atoms with Crippen LogP contribution in [-0.2, 0) is 9.53 Å². The number of ether oxygens (including phenoxy) is 1. The van der Waals surface area contributed by atoms with E-state index in [2.05, 4.69) is 5.32 Å². The van der Waals surface area contributed by atoms with Gasteiger partial charge in [-0.2, -0.15) is 0 Å². The van der Waals surface area contributed by atoms with Gasteiger partial charge in [-0.05, 0) is 25.0 Å². The first-order valence-electron chi connectivity index (χ1n) is 7.63. The van der Waals surface area contributed by atoms with Crippen LogP contribution in [0, 0.1) is 0 Å². The lowest BCUT2D eigenvalue weighted by molar-refractivity contribution is -0.124. The van der Waals surface area contributed by atoms with Crippen molar-refractivity contribution < 1.29 is 18.7 Å². The maximum absolute atomic E-state index is 12.0. The summed E-state index contributed by atoms with van der Waals surface area (Å²) in [4.78, 5) is 35.6. The fourth-order valence-corrected chi connectivity index (χ4v) is 2.75. The van der Waals surface area contributed by atoms with Gasteiger partial charge in [0.25, 0.3) is 5.91 Å². The summed E-state index contributed by atoms with van der Waals surface area (Å²) >= 11 is 0. The van der Waals surface area contributed by atoms with Crippen LogP contribution in [0.4, 0.5) is 0 Å². The lowest BCUT2D eigenvalue weighted by atomic mass is 10.2. The van der Waals surface area contributed by atoms with Crippen LogP contribution in [0.15, 0.2) is 39.5 Å². The summed E-state index contributed by atoms with van der Waals surface area (Å²) in [5.41, 5.74) is -0.588. The van der Waals surface area contributed by atoms with Gasteiger partial charge in [-0.15, -0.1) is 0 Å². The Morgan fingerprint density at radius 3 is 2.74 bits per heavy atom. The number of hydrogen-bond acceptors (Lipinski definition) is 5. The minimum atomic E-state index is -0.855. The average Bonchev–Trinajstić information content (AvgIpc) is 3.05. The van der Waals surface area contributed by atoms with E-state index in [1.165, 1.54) is 6.07 Å². The Balaban J connectivity index is 1.64. The molecule has 1 aliphatic rings. The molecule has 0 unspecified atom stereocenters. The average molecular weight is 315 g/mol. The molecule has 0 spiro atoms. The molecule has 0 saturated heterocycles. The number of nitrogens with one attached hydrogen (secondary N) is 1. The van der Waals surface area contributed by atoms with Crippen molar-refractivity contribution in [1.29, 1.82) is 0 Å². The summed E-state index contributed by atoms with van der Waals surface area (Å²) in [6.45, 7) is -0.401. The van der Waals surface area contributed by atoms with Crippen LogP contribution in [0.5, 0.6) is 0 Å². The SMILES string of the molecule is O=C(COC(=O)c1cc2ccccc2oc1=O)NC1CCCC1. The Bertz CT molecular complexity index is 789. The molecule has 1 aromatic heterocycles. The molecule has 1 aromatic carbocycles. The number of rotatable bonds is 4. The van der Waals surface area contributed by atoms with Crippen molar-refractivity contribution in [1.82, 2.24) is 5.32 Å². The summed E-state index contributed by atoms with van der Waals surface area (Å²) in [6, 6.07) is 8.44. The largest absolute Gasteiger partial charge is 0.452 e. The van der Waals surface area contributed by atoms with Gasteiger partial charge in [-0.3, -0.25) is 4.79 Å². The highest BCUT2D eigenvalue weighted by atomic mass is 16.5. The molecule has 1 fully saturated rings. The number of fused-ring (bicyclic) bond motifs is 1. The predicted octanol–water partition coefficient (Wildman–Crippen LogP) is 2.01. The number of amides is 1. The van der Waals surface area contributed by atoms with Gasteiger partial charge in [0.05, 0.1) is 0 Å². The van der Waals surface area contributed by atoms with E-state index in [1.807, 2.05) is 0 Å². The molecular weight excluding hydrogens is 298 g/mol. The van der Waals surface area contributed by atoms with E-state index in [0.717, 1.165) is 25.7 Å². The van der Waals surface area contributed by atoms with Crippen LogP contribution < -0.4 is 10.9 Å². The molecule has 1 amide bonds. The third-order valence-corrected chi connectivity index (χ3v) is 3.92. The van der Waals surface area contributed by atoms with Crippen molar-refractivity contribution in [2.24, 2.45) is 0 Å². The van der Waals surface area contributed by atoms with Crippen LogP contribution in [0.1, 0.15) is 36.0 Å². The van der Waals surface area contributed by atoms with Gasteiger partial charge in [0.2, 0.25) is 0 Å². The fourth-order valence-electron chi connectivity index (χ4n) is 2.75. The van der Waals surface area contributed by atoms with Crippen molar-refractivity contribution in [3.05, 3.63) is 46.3 Å². The number of esters is 1. The predicted molar refractivity (Wildman–Crippen MR) is 83.2 cm³/mol. The monoisotopic (exact) mass is 315 g/mol. The van der Waals surface area contributed by atoms with Crippen molar-refractivity contribution in [3.63, 3.8) is 0 Å². The quantitative estimate of drug-likeness (QED) is 0.689. The fraction of sp³-hybridized carbons (Fsp3) is 0.353. The third kappa shape index (κ3) is 3.59. The van der Waals surface area contributed by atoms with Crippen molar-refractivity contribution in [3.8, 4) is 0 Å². The minimum absolute atomic E-state index is 0.159. The summed E-state index contributed by atoms with van der Waals surface area (Å²) in [5, 5.41) is 3.43. The molecular formula is C17H17NO5. The van der Waals surface area contributed by atoms with Crippen molar-refractivity contribution in [2.45, 2.75) is 31.7 Å². The summed E-state index contributed by atoms with van der Waals surface area (Å²) in [7, 11) is 0. The Morgan fingerprint density at radius 1 is 1.22 bits per heavy atom. The van der Waals surface area contributed by atoms with Crippen molar-refractivity contribution in [2.75, 3.05) is 6.61 Å². The van der Waals surface area contributed by atoms with E-state index in [9.17, 15) is 14.4 Å². The van der Waals surface area contributed by atoms with Gasteiger partial charge in [-0.1, -0.05) is 31.0 Å². The third-order valence-electron chi connectivity index (χ3n) is 3.92. The maximum Gasteiger partial charge on any atom is 0.351 e. The molecule has 0 atom stereocenters. The Morgan fingerprint density at radius 2 is 1.96 bits per heavy atom. The molecule has 1 N–H and O–H groups in total. The Kier molecular flexibility index (Phi) is 4.41. The zero-order valence-electron chi connectivity index (χ0n) is 12.5. The summed E-state index contributed by atoms with van der Waals surface area (Å²) in [5.74, 6) is -1.21. The summed E-state index contributed by atoms with van der Waals surface area (Å²) in [6.07, 6.45) is 4.10. The first-order valence-corrected chi connectivity index (χ1v) is 7.63. The van der Waals surface area contributed by atoms with E-state index < -0.39 is 18.2 Å². The van der Waals surface area contributed by atoms with E-state index in [1.54, 1.807) is 24.3 Å². The zero-order valence-corrected chi connectivity index (χ0v) is 12.5. The van der Waals surface area contributed by atoms with Gasteiger partial charge in [0, 0.05) is 11.4 Å². The molecule has 0 radical (unpaired) electrons. The highest BCUT2D eigenvalue weighted by molar-refractivity contribution is 5.94. The first kappa shape index (κ1) is 15.3.